The Morgan fingerprint density at radius 2 is 1.59 bits per heavy atom. The standard InChI is InChI=1S/C22H34N2O10/c1-14(2)9-16(11-25)23-22(29)19(24-20(26)7-8-21(27)28)10-15-3-5-17(6-4-15)34-18(12-32-30)13-33-31/h3-6,14,16,18-19,25,30-31H,7-13H2,1-2H3,(H,23,29)(H,24,26)(H,27,28). The zero-order chi connectivity index (χ0) is 25.5. The van der Waals surface area contributed by atoms with E-state index >= 15 is 0 Å². The number of ether oxygens (including phenoxy) is 1. The molecule has 0 spiro atoms. The number of carbonyl (C=O) groups is 3. The minimum absolute atomic E-state index is 0.105. The fourth-order valence-electron chi connectivity index (χ4n) is 3.16. The first-order valence-corrected chi connectivity index (χ1v) is 10.9. The summed E-state index contributed by atoms with van der Waals surface area (Å²) in [6, 6.07) is 5.02. The Bertz CT molecular complexity index is 751. The molecular weight excluding hydrogens is 452 g/mol. The third kappa shape index (κ3) is 11.9. The van der Waals surface area contributed by atoms with Crippen LogP contribution in [0.15, 0.2) is 24.3 Å². The van der Waals surface area contributed by atoms with Gasteiger partial charge in [0, 0.05) is 12.8 Å². The number of amides is 2. The van der Waals surface area contributed by atoms with Gasteiger partial charge in [-0.15, -0.1) is 0 Å². The molecule has 34 heavy (non-hydrogen) atoms. The van der Waals surface area contributed by atoms with Crippen molar-refractivity contribution in [1.82, 2.24) is 10.6 Å². The van der Waals surface area contributed by atoms with Gasteiger partial charge in [-0.2, -0.15) is 0 Å². The van der Waals surface area contributed by atoms with E-state index in [0.29, 0.717) is 17.7 Å². The maximum absolute atomic E-state index is 12.9. The van der Waals surface area contributed by atoms with E-state index < -0.39 is 36.0 Å². The molecule has 1 aromatic carbocycles. The summed E-state index contributed by atoms with van der Waals surface area (Å²) in [6.45, 7) is 3.16. The monoisotopic (exact) mass is 486 g/mol. The first-order valence-electron chi connectivity index (χ1n) is 10.9. The summed E-state index contributed by atoms with van der Waals surface area (Å²) in [5.74, 6) is -1.59. The van der Waals surface area contributed by atoms with Gasteiger partial charge in [-0.1, -0.05) is 26.0 Å². The molecule has 0 saturated carbocycles. The van der Waals surface area contributed by atoms with Gasteiger partial charge in [-0.3, -0.25) is 24.9 Å². The van der Waals surface area contributed by atoms with E-state index in [-0.39, 0.29) is 45.0 Å². The van der Waals surface area contributed by atoms with Gasteiger partial charge in [0.15, 0.2) is 6.10 Å². The Balaban J connectivity index is 2.91. The molecule has 1 aromatic rings. The number of carbonyl (C=O) groups excluding carboxylic acids is 2. The second-order valence-electron chi connectivity index (χ2n) is 8.21. The number of aliphatic hydroxyl groups excluding tert-OH is 1. The number of carboxylic acids is 1. The summed E-state index contributed by atoms with van der Waals surface area (Å²) in [4.78, 5) is 43.8. The minimum Gasteiger partial charge on any atom is -0.485 e. The molecule has 0 bridgehead atoms. The molecule has 0 aromatic heterocycles. The summed E-state index contributed by atoms with van der Waals surface area (Å²) in [5.41, 5.74) is 0.670. The normalized spacial score (nSPS) is 12.9. The van der Waals surface area contributed by atoms with Gasteiger partial charge in [0.2, 0.25) is 11.8 Å². The number of rotatable bonds is 17. The zero-order valence-corrected chi connectivity index (χ0v) is 19.3. The highest BCUT2D eigenvalue weighted by Crippen LogP contribution is 2.16. The molecule has 2 amide bonds. The van der Waals surface area contributed by atoms with Crippen molar-refractivity contribution in [3.63, 3.8) is 0 Å². The van der Waals surface area contributed by atoms with Crippen LogP contribution in [-0.4, -0.2) is 76.5 Å². The molecule has 0 saturated heterocycles. The van der Waals surface area contributed by atoms with Crippen molar-refractivity contribution in [2.24, 2.45) is 5.92 Å². The van der Waals surface area contributed by atoms with Crippen LogP contribution in [0.4, 0.5) is 0 Å². The molecule has 12 nitrogen and oxygen atoms in total. The van der Waals surface area contributed by atoms with Crippen LogP contribution in [0.2, 0.25) is 0 Å². The Kier molecular flexibility index (Phi) is 13.7. The average molecular weight is 487 g/mol. The van der Waals surface area contributed by atoms with E-state index in [1.54, 1.807) is 24.3 Å². The molecule has 0 aliphatic rings. The van der Waals surface area contributed by atoms with Crippen LogP contribution in [0.5, 0.6) is 5.75 Å². The zero-order valence-electron chi connectivity index (χ0n) is 19.3. The lowest BCUT2D eigenvalue weighted by Gasteiger charge is -2.23. The predicted octanol–water partition coefficient (Wildman–Crippen LogP) is 0.829. The molecule has 192 valence electrons. The fraction of sp³-hybridized carbons (Fsp3) is 0.591. The molecule has 0 fully saturated rings. The second kappa shape index (κ2) is 16.0. The van der Waals surface area contributed by atoms with Gasteiger partial charge in [0.05, 0.1) is 19.1 Å². The number of hydrogen-bond acceptors (Lipinski definition) is 9. The van der Waals surface area contributed by atoms with Gasteiger partial charge in [-0.05, 0) is 30.0 Å². The van der Waals surface area contributed by atoms with E-state index in [2.05, 4.69) is 20.4 Å². The van der Waals surface area contributed by atoms with Crippen LogP contribution in [0, 0.1) is 5.92 Å². The smallest absolute Gasteiger partial charge is 0.303 e. The van der Waals surface area contributed by atoms with Crippen molar-refractivity contribution in [1.29, 1.82) is 0 Å². The SMILES string of the molecule is CC(C)CC(CO)NC(=O)C(Cc1ccc(OC(COO)COO)cc1)NC(=O)CCC(=O)O. The Labute approximate surface area is 197 Å². The van der Waals surface area contributed by atoms with Crippen LogP contribution in [0.1, 0.15) is 38.7 Å². The fourth-order valence-corrected chi connectivity index (χ4v) is 3.16. The molecule has 0 aliphatic carbocycles. The minimum atomic E-state index is -1.12. The Morgan fingerprint density at radius 3 is 2.09 bits per heavy atom. The van der Waals surface area contributed by atoms with Gasteiger partial charge in [-0.25, -0.2) is 9.78 Å². The van der Waals surface area contributed by atoms with E-state index in [9.17, 15) is 19.5 Å². The summed E-state index contributed by atoms with van der Waals surface area (Å²) in [7, 11) is 0. The Morgan fingerprint density at radius 1 is 0.971 bits per heavy atom. The maximum Gasteiger partial charge on any atom is 0.303 e. The number of hydrogen-bond donors (Lipinski definition) is 6. The lowest BCUT2D eigenvalue weighted by molar-refractivity contribution is -0.286. The van der Waals surface area contributed by atoms with Crippen molar-refractivity contribution >= 4 is 17.8 Å². The van der Waals surface area contributed by atoms with Crippen molar-refractivity contribution in [2.75, 3.05) is 19.8 Å². The van der Waals surface area contributed by atoms with Gasteiger partial charge >= 0.3 is 5.97 Å². The number of aliphatic carboxylic acids is 1. The predicted molar refractivity (Wildman–Crippen MR) is 119 cm³/mol. The summed E-state index contributed by atoms with van der Waals surface area (Å²) < 4.78 is 5.52. The molecule has 0 aliphatic heterocycles. The molecule has 1 rings (SSSR count). The largest absolute Gasteiger partial charge is 0.485 e. The molecule has 0 heterocycles. The van der Waals surface area contributed by atoms with Crippen LogP contribution < -0.4 is 15.4 Å². The third-order valence-corrected chi connectivity index (χ3v) is 4.73. The third-order valence-electron chi connectivity index (χ3n) is 4.73. The number of nitrogens with one attached hydrogen (secondary N) is 2. The lowest BCUT2D eigenvalue weighted by Crippen LogP contribution is -2.51. The molecular formula is C22H34N2O10. The van der Waals surface area contributed by atoms with Crippen LogP contribution in [-0.2, 0) is 30.6 Å². The average Bonchev–Trinajstić information content (AvgIpc) is 2.78. The molecule has 2 unspecified atom stereocenters. The summed E-state index contributed by atoms with van der Waals surface area (Å²) >= 11 is 0. The van der Waals surface area contributed by atoms with Gasteiger partial charge < -0.3 is 25.6 Å². The summed E-state index contributed by atoms with van der Waals surface area (Å²) in [5, 5.41) is 40.8. The second-order valence-corrected chi connectivity index (χ2v) is 8.21. The summed E-state index contributed by atoms with van der Waals surface area (Å²) in [6.07, 6.45) is -0.764. The van der Waals surface area contributed by atoms with Crippen LogP contribution >= 0.6 is 0 Å². The topological polar surface area (TPSA) is 184 Å². The highest BCUT2D eigenvalue weighted by molar-refractivity contribution is 5.89. The number of aliphatic hydroxyl groups is 1. The first-order chi connectivity index (χ1) is 16.2. The van der Waals surface area contributed by atoms with Crippen molar-refractivity contribution < 1.29 is 49.6 Å². The Hall–Kier alpha value is -2.77. The molecule has 2 atom stereocenters. The van der Waals surface area contributed by atoms with E-state index in [0.717, 1.165) is 0 Å². The quantitative estimate of drug-likeness (QED) is 0.136. The maximum atomic E-state index is 12.9. The van der Waals surface area contributed by atoms with Crippen molar-refractivity contribution in [3.8, 4) is 5.75 Å². The lowest BCUT2D eigenvalue weighted by atomic mass is 10.0. The van der Waals surface area contributed by atoms with Crippen molar-refractivity contribution in [3.05, 3.63) is 29.8 Å². The number of benzene rings is 1. The van der Waals surface area contributed by atoms with Crippen LogP contribution in [0.3, 0.4) is 0 Å². The highest BCUT2D eigenvalue weighted by atomic mass is 17.1. The van der Waals surface area contributed by atoms with Gasteiger partial charge in [0.1, 0.15) is 25.0 Å². The van der Waals surface area contributed by atoms with E-state index in [4.69, 9.17) is 20.4 Å². The number of carboxylic acid groups (broad SMARTS) is 1. The van der Waals surface area contributed by atoms with E-state index in [1.165, 1.54) is 0 Å². The highest BCUT2D eigenvalue weighted by Gasteiger charge is 2.24. The van der Waals surface area contributed by atoms with Crippen molar-refractivity contribution in [2.45, 2.75) is 57.7 Å². The van der Waals surface area contributed by atoms with E-state index in [1.807, 2.05) is 13.8 Å². The van der Waals surface area contributed by atoms with Crippen LogP contribution in [0.25, 0.3) is 0 Å². The molecule has 12 heteroatoms. The first kappa shape index (κ1) is 29.3. The van der Waals surface area contributed by atoms with Gasteiger partial charge in [0.25, 0.3) is 0 Å². The molecule has 6 N–H and O–H groups in total. The molecule has 0 radical (unpaired) electrons.